The molecule has 0 bridgehead atoms. The second-order valence-corrected chi connectivity index (χ2v) is 5.93. The van der Waals surface area contributed by atoms with E-state index in [1.165, 1.54) is 4.70 Å². The number of hydrogen-bond acceptors (Lipinski definition) is 3. The molecule has 0 saturated carbocycles. The molecule has 0 spiro atoms. The van der Waals surface area contributed by atoms with Gasteiger partial charge in [0.05, 0.1) is 20.3 Å². The highest BCUT2D eigenvalue weighted by Crippen LogP contribution is 2.27. The van der Waals surface area contributed by atoms with E-state index < -0.39 is 0 Å². The molecule has 0 fully saturated rings. The highest BCUT2D eigenvalue weighted by atomic mass is 35.5. The van der Waals surface area contributed by atoms with E-state index in [4.69, 9.17) is 23.2 Å². The standard InChI is InChI=1S/C14H10Cl2N2S/c15-10-6-5-9(7-11(10)16)8-17-14-18-12-3-1-2-4-13(12)19-14/h1-7H,8H2,(H,17,18). The van der Waals surface area contributed by atoms with Crippen LogP contribution in [0.25, 0.3) is 10.2 Å². The molecule has 1 N–H and O–H groups in total. The molecule has 0 radical (unpaired) electrons. The first-order valence-electron chi connectivity index (χ1n) is 5.76. The summed E-state index contributed by atoms with van der Waals surface area (Å²) in [5, 5.41) is 5.36. The van der Waals surface area contributed by atoms with Gasteiger partial charge in [-0.25, -0.2) is 4.98 Å². The largest absolute Gasteiger partial charge is 0.357 e. The molecular formula is C14H10Cl2N2S. The van der Waals surface area contributed by atoms with E-state index in [0.717, 1.165) is 16.2 Å². The van der Waals surface area contributed by atoms with E-state index in [2.05, 4.69) is 16.4 Å². The zero-order chi connectivity index (χ0) is 13.2. The third kappa shape index (κ3) is 2.84. The van der Waals surface area contributed by atoms with Crippen LogP contribution in [-0.4, -0.2) is 4.98 Å². The molecule has 0 aliphatic rings. The van der Waals surface area contributed by atoms with Crippen LogP contribution < -0.4 is 5.32 Å². The number of anilines is 1. The number of fused-ring (bicyclic) bond motifs is 1. The van der Waals surface area contributed by atoms with Gasteiger partial charge >= 0.3 is 0 Å². The van der Waals surface area contributed by atoms with Gasteiger partial charge in [0.1, 0.15) is 0 Å². The minimum Gasteiger partial charge on any atom is -0.357 e. The molecule has 0 amide bonds. The number of para-hydroxylation sites is 1. The van der Waals surface area contributed by atoms with Gasteiger partial charge < -0.3 is 5.32 Å². The van der Waals surface area contributed by atoms with E-state index in [-0.39, 0.29) is 0 Å². The Morgan fingerprint density at radius 3 is 2.68 bits per heavy atom. The van der Waals surface area contributed by atoms with Crippen LogP contribution in [0.2, 0.25) is 10.0 Å². The SMILES string of the molecule is Clc1ccc(CNc2nc3ccccc3s2)cc1Cl. The van der Waals surface area contributed by atoms with Crippen LogP contribution in [-0.2, 0) is 6.54 Å². The van der Waals surface area contributed by atoms with Gasteiger partial charge in [-0.1, -0.05) is 52.7 Å². The van der Waals surface area contributed by atoms with Crippen LogP contribution >= 0.6 is 34.5 Å². The van der Waals surface area contributed by atoms with Crippen LogP contribution in [0.4, 0.5) is 5.13 Å². The highest BCUT2D eigenvalue weighted by Gasteiger charge is 2.03. The molecule has 96 valence electrons. The van der Waals surface area contributed by atoms with Crippen molar-refractivity contribution in [2.75, 3.05) is 5.32 Å². The number of halogens is 2. The molecule has 0 unspecified atom stereocenters. The lowest BCUT2D eigenvalue weighted by molar-refractivity contribution is 1.14. The molecule has 0 saturated heterocycles. The maximum atomic E-state index is 5.99. The van der Waals surface area contributed by atoms with Gasteiger partial charge in [-0.15, -0.1) is 0 Å². The van der Waals surface area contributed by atoms with E-state index in [9.17, 15) is 0 Å². The Kier molecular flexibility index (Phi) is 3.60. The van der Waals surface area contributed by atoms with Gasteiger partial charge in [0, 0.05) is 6.54 Å². The Morgan fingerprint density at radius 1 is 1.05 bits per heavy atom. The Labute approximate surface area is 125 Å². The third-order valence-corrected chi connectivity index (χ3v) is 4.45. The number of thiazole rings is 1. The Hall–Kier alpha value is -1.29. The van der Waals surface area contributed by atoms with E-state index in [1.807, 2.05) is 30.3 Å². The van der Waals surface area contributed by atoms with Gasteiger partial charge in [-0.05, 0) is 29.8 Å². The Balaban J connectivity index is 1.76. The molecule has 5 heteroatoms. The van der Waals surface area contributed by atoms with Crippen molar-refractivity contribution in [1.82, 2.24) is 4.98 Å². The van der Waals surface area contributed by atoms with Gasteiger partial charge in [-0.2, -0.15) is 0 Å². The number of benzene rings is 2. The van der Waals surface area contributed by atoms with Crippen molar-refractivity contribution < 1.29 is 0 Å². The average Bonchev–Trinajstić information content (AvgIpc) is 2.83. The topological polar surface area (TPSA) is 24.9 Å². The lowest BCUT2D eigenvalue weighted by atomic mass is 10.2. The van der Waals surface area contributed by atoms with Crippen molar-refractivity contribution in [1.29, 1.82) is 0 Å². The molecular weight excluding hydrogens is 299 g/mol. The first-order valence-corrected chi connectivity index (χ1v) is 7.33. The maximum absolute atomic E-state index is 5.99. The normalized spacial score (nSPS) is 10.8. The van der Waals surface area contributed by atoms with Crippen molar-refractivity contribution in [2.24, 2.45) is 0 Å². The van der Waals surface area contributed by atoms with Crippen LogP contribution in [0.3, 0.4) is 0 Å². The minimum atomic E-state index is 0.574. The van der Waals surface area contributed by atoms with Crippen LogP contribution in [0.1, 0.15) is 5.56 Å². The molecule has 1 heterocycles. The summed E-state index contributed by atoms with van der Waals surface area (Å²) in [5.74, 6) is 0. The fraction of sp³-hybridized carbons (Fsp3) is 0.0714. The molecule has 3 rings (SSSR count). The van der Waals surface area contributed by atoms with Crippen molar-refractivity contribution in [2.45, 2.75) is 6.54 Å². The van der Waals surface area contributed by atoms with Crippen molar-refractivity contribution in [3.05, 3.63) is 58.1 Å². The molecule has 0 aliphatic carbocycles. The summed E-state index contributed by atoms with van der Waals surface area (Å²) in [6, 6.07) is 13.7. The van der Waals surface area contributed by atoms with E-state index >= 15 is 0 Å². The average molecular weight is 309 g/mol. The summed E-state index contributed by atoms with van der Waals surface area (Å²) in [6.07, 6.45) is 0. The second kappa shape index (κ2) is 5.37. The minimum absolute atomic E-state index is 0.574. The molecule has 0 aliphatic heterocycles. The molecule has 19 heavy (non-hydrogen) atoms. The lowest BCUT2D eigenvalue weighted by Gasteiger charge is -2.04. The Morgan fingerprint density at radius 2 is 1.89 bits per heavy atom. The number of nitrogens with one attached hydrogen (secondary N) is 1. The van der Waals surface area contributed by atoms with Crippen LogP contribution in [0.15, 0.2) is 42.5 Å². The van der Waals surface area contributed by atoms with Crippen molar-refractivity contribution in [3.63, 3.8) is 0 Å². The fourth-order valence-electron chi connectivity index (χ4n) is 1.78. The highest BCUT2D eigenvalue weighted by molar-refractivity contribution is 7.22. The summed E-state index contributed by atoms with van der Waals surface area (Å²) in [6.45, 7) is 0.677. The monoisotopic (exact) mass is 308 g/mol. The molecule has 2 aromatic carbocycles. The van der Waals surface area contributed by atoms with Crippen LogP contribution in [0, 0.1) is 0 Å². The van der Waals surface area contributed by atoms with Gasteiger partial charge in [0.25, 0.3) is 0 Å². The summed E-state index contributed by atoms with van der Waals surface area (Å²) >= 11 is 13.5. The zero-order valence-electron chi connectivity index (χ0n) is 9.86. The Bertz CT molecular complexity index is 691. The maximum Gasteiger partial charge on any atom is 0.184 e. The van der Waals surface area contributed by atoms with Gasteiger partial charge in [0.15, 0.2) is 5.13 Å². The molecule has 0 atom stereocenters. The number of aromatic nitrogens is 1. The first-order chi connectivity index (χ1) is 9.22. The van der Waals surface area contributed by atoms with E-state index in [0.29, 0.717) is 16.6 Å². The smallest absolute Gasteiger partial charge is 0.184 e. The molecule has 2 nitrogen and oxygen atoms in total. The quantitative estimate of drug-likeness (QED) is 0.718. The number of nitrogens with zero attached hydrogens (tertiary/aromatic N) is 1. The third-order valence-electron chi connectivity index (χ3n) is 2.72. The predicted octanol–water partition coefficient (Wildman–Crippen LogP) is 5.22. The van der Waals surface area contributed by atoms with Gasteiger partial charge in [-0.3, -0.25) is 0 Å². The van der Waals surface area contributed by atoms with Gasteiger partial charge in [0.2, 0.25) is 0 Å². The molecule has 3 aromatic rings. The first kappa shape index (κ1) is 12.7. The van der Waals surface area contributed by atoms with E-state index in [1.54, 1.807) is 17.4 Å². The summed E-state index contributed by atoms with van der Waals surface area (Å²) in [5.41, 5.74) is 2.10. The second-order valence-electron chi connectivity index (χ2n) is 4.09. The van der Waals surface area contributed by atoms with Crippen molar-refractivity contribution >= 4 is 49.9 Å². The predicted molar refractivity (Wildman–Crippen MR) is 83.4 cm³/mol. The summed E-state index contributed by atoms with van der Waals surface area (Å²) in [7, 11) is 0. The summed E-state index contributed by atoms with van der Waals surface area (Å²) < 4.78 is 1.18. The van der Waals surface area contributed by atoms with Crippen LogP contribution in [0.5, 0.6) is 0 Å². The lowest BCUT2D eigenvalue weighted by Crippen LogP contribution is -1.98. The molecule has 1 aromatic heterocycles. The number of rotatable bonds is 3. The zero-order valence-corrected chi connectivity index (χ0v) is 12.2. The summed E-state index contributed by atoms with van der Waals surface area (Å²) in [4.78, 5) is 4.52. The number of hydrogen-bond donors (Lipinski definition) is 1. The van der Waals surface area contributed by atoms with Crippen molar-refractivity contribution in [3.8, 4) is 0 Å². The fourth-order valence-corrected chi connectivity index (χ4v) is 2.96.